The number of rotatable bonds is 6. The van der Waals surface area contributed by atoms with E-state index in [0.717, 1.165) is 25.4 Å². The molecule has 0 aromatic carbocycles. The Kier molecular flexibility index (Phi) is 6.32. The van der Waals surface area contributed by atoms with Crippen LogP contribution in [0.2, 0.25) is 0 Å². The molecular formula is C13H28N2O. The Bertz CT molecular complexity index is 187. The van der Waals surface area contributed by atoms with Crippen molar-refractivity contribution in [2.45, 2.75) is 39.2 Å². The van der Waals surface area contributed by atoms with Gasteiger partial charge in [0.2, 0.25) is 0 Å². The maximum atomic E-state index is 5.54. The van der Waals surface area contributed by atoms with Crippen LogP contribution in [-0.2, 0) is 4.74 Å². The Hall–Kier alpha value is -0.120. The monoisotopic (exact) mass is 228 g/mol. The van der Waals surface area contributed by atoms with Crippen LogP contribution in [0.15, 0.2) is 0 Å². The van der Waals surface area contributed by atoms with E-state index < -0.39 is 0 Å². The molecule has 1 heterocycles. The predicted molar refractivity (Wildman–Crippen MR) is 68.5 cm³/mol. The van der Waals surface area contributed by atoms with E-state index in [1.807, 2.05) is 7.11 Å². The van der Waals surface area contributed by atoms with Crippen molar-refractivity contribution in [2.24, 2.45) is 17.6 Å². The predicted octanol–water partition coefficient (Wildman–Crippen LogP) is 1.72. The molecule has 1 saturated heterocycles. The second-order valence-corrected chi connectivity index (χ2v) is 5.34. The van der Waals surface area contributed by atoms with Gasteiger partial charge >= 0.3 is 0 Å². The first-order valence-electron chi connectivity index (χ1n) is 6.62. The van der Waals surface area contributed by atoms with Gasteiger partial charge in [0, 0.05) is 20.2 Å². The van der Waals surface area contributed by atoms with E-state index in [9.17, 15) is 0 Å². The van der Waals surface area contributed by atoms with E-state index in [1.165, 1.54) is 25.9 Å². The van der Waals surface area contributed by atoms with E-state index in [-0.39, 0.29) is 0 Å². The molecular weight excluding hydrogens is 200 g/mol. The molecule has 3 nitrogen and oxygen atoms in total. The van der Waals surface area contributed by atoms with Crippen LogP contribution in [0.25, 0.3) is 0 Å². The standard InChI is InChI=1S/C13H28N2O/c1-11(5-4-7-14)9-15-8-6-12(2)13(10-15)16-3/h11-13H,4-10,14H2,1-3H3. The zero-order valence-electron chi connectivity index (χ0n) is 11.1. The minimum Gasteiger partial charge on any atom is -0.380 e. The zero-order chi connectivity index (χ0) is 12.0. The lowest BCUT2D eigenvalue weighted by molar-refractivity contribution is -0.00890. The molecule has 0 radical (unpaired) electrons. The fourth-order valence-electron chi connectivity index (χ4n) is 2.57. The van der Waals surface area contributed by atoms with Gasteiger partial charge in [-0.3, -0.25) is 0 Å². The van der Waals surface area contributed by atoms with E-state index in [4.69, 9.17) is 10.5 Å². The summed E-state index contributed by atoms with van der Waals surface area (Å²) in [5.41, 5.74) is 5.54. The summed E-state index contributed by atoms with van der Waals surface area (Å²) in [4.78, 5) is 2.55. The molecule has 96 valence electrons. The Morgan fingerprint density at radius 1 is 1.50 bits per heavy atom. The summed E-state index contributed by atoms with van der Waals surface area (Å²) in [6.07, 6.45) is 4.09. The maximum Gasteiger partial charge on any atom is 0.0724 e. The summed E-state index contributed by atoms with van der Waals surface area (Å²) in [6, 6.07) is 0. The maximum absolute atomic E-state index is 5.54. The molecule has 1 aliphatic heterocycles. The first kappa shape index (κ1) is 13.9. The number of likely N-dealkylation sites (tertiary alicyclic amines) is 1. The average Bonchev–Trinajstić information content (AvgIpc) is 2.29. The SMILES string of the molecule is COC1CN(CC(C)CCCN)CCC1C. The molecule has 3 atom stereocenters. The minimum absolute atomic E-state index is 0.426. The highest BCUT2D eigenvalue weighted by Crippen LogP contribution is 2.20. The lowest BCUT2D eigenvalue weighted by atomic mass is 9.94. The van der Waals surface area contributed by atoms with Crippen molar-refractivity contribution in [1.82, 2.24) is 4.90 Å². The molecule has 0 spiro atoms. The van der Waals surface area contributed by atoms with Gasteiger partial charge in [0.25, 0.3) is 0 Å². The van der Waals surface area contributed by atoms with Crippen molar-refractivity contribution >= 4 is 0 Å². The summed E-state index contributed by atoms with van der Waals surface area (Å²) in [6.45, 7) is 8.98. The number of ether oxygens (including phenoxy) is 1. The number of methoxy groups -OCH3 is 1. The second-order valence-electron chi connectivity index (χ2n) is 5.34. The number of nitrogens with zero attached hydrogens (tertiary/aromatic N) is 1. The fourth-order valence-corrected chi connectivity index (χ4v) is 2.57. The third-order valence-electron chi connectivity index (χ3n) is 3.75. The topological polar surface area (TPSA) is 38.5 Å². The van der Waals surface area contributed by atoms with Crippen molar-refractivity contribution in [3.63, 3.8) is 0 Å². The van der Waals surface area contributed by atoms with Gasteiger partial charge in [-0.25, -0.2) is 0 Å². The third kappa shape index (κ3) is 4.40. The first-order chi connectivity index (χ1) is 7.67. The van der Waals surface area contributed by atoms with Gasteiger partial charge in [0.1, 0.15) is 0 Å². The van der Waals surface area contributed by atoms with E-state index in [2.05, 4.69) is 18.7 Å². The average molecular weight is 228 g/mol. The summed E-state index contributed by atoms with van der Waals surface area (Å²) < 4.78 is 5.53. The van der Waals surface area contributed by atoms with Crippen LogP contribution in [0.3, 0.4) is 0 Å². The molecule has 1 rings (SSSR count). The van der Waals surface area contributed by atoms with E-state index in [1.54, 1.807) is 0 Å². The number of piperidine rings is 1. The summed E-state index contributed by atoms with van der Waals surface area (Å²) >= 11 is 0. The highest BCUT2D eigenvalue weighted by molar-refractivity contribution is 4.79. The van der Waals surface area contributed by atoms with Crippen LogP contribution in [0, 0.1) is 11.8 Å². The van der Waals surface area contributed by atoms with E-state index in [0.29, 0.717) is 12.0 Å². The Balaban J connectivity index is 2.27. The van der Waals surface area contributed by atoms with Gasteiger partial charge in [-0.05, 0) is 44.2 Å². The summed E-state index contributed by atoms with van der Waals surface area (Å²) in [5.74, 6) is 1.47. The van der Waals surface area contributed by atoms with Crippen LogP contribution in [0.1, 0.15) is 33.1 Å². The zero-order valence-corrected chi connectivity index (χ0v) is 11.1. The number of nitrogens with two attached hydrogens (primary N) is 1. The van der Waals surface area contributed by atoms with E-state index >= 15 is 0 Å². The Morgan fingerprint density at radius 3 is 2.88 bits per heavy atom. The Morgan fingerprint density at radius 2 is 2.25 bits per heavy atom. The van der Waals surface area contributed by atoms with Gasteiger partial charge in [0.05, 0.1) is 6.10 Å². The van der Waals surface area contributed by atoms with Crippen molar-refractivity contribution < 1.29 is 4.74 Å². The number of hydrogen-bond acceptors (Lipinski definition) is 3. The molecule has 0 aliphatic carbocycles. The molecule has 1 aliphatic rings. The van der Waals surface area contributed by atoms with Gasteiger partial charge in [-0.1, -0.05) is 13.8 Å². The first-order valence-corrected chi connectivity index (χ1v) is 6.62. The van der Waals surface area contributed by atoms with Crippen molar-refractivity contribution in [3.8, 4) is 0 Å². The van der Waals surface area contributed by atoms with Crippen LogP contribution < -0.4 is 5.73 Å². The molecule has 16 heavy (non-hydrogen) atoms. The molecule has 0 amide bonds. The smallest absolute Gasteiger partial charge is 0.0724 e. The molecule has 0 saturated carbocycles. The highest BCUT2D eigenvalue weighted by atomic mass is 16.5. The van der Waals surface area contributed by atoms with Gasteiger partial charge in [-0.15, -0.1) is 0 Å². The largest absolute Gasteiger partial charge is 0.380 e. The second kappa shape index (κ2) is 7.25. The highest BCUT2D eigenvalue weighted by Gasteiger charge is 2.26. The molecule has 2 N–H and O–H groups in total. The number of hydrogen-bond donors (Lipinski definition) is 1. The van der Waals surface area contributed by atoms with Crippen molar-refractivity contribution in [3.05, 3.63) is 0 Å². The van der Waals surface area contributed by atoms with Gasteiger partial charge < -0.3 is 15.4 Å². The quantitative estimate of drug-likeness (QED) is 0.752. The normalized spacial score (nSPS) is 29.2. The molecule has 0 aromatic heterocycles. The van der Waals surface area contributed by atoms with Crippen LogP contribution in [0.5, 0.6) is 0 Å². The Labute approximate surface area is 100 Å². The fraction of sp³-hybridized carbons (Fsp3) is 1.00. The van der Waals surface area contributed by atoms with Crippen molar-refractivity contribution in [2.75, 3.05) is 33.3 Å². The summed E-state index contributed by atoms with van der Waals surface area (Å²) in [7, 11) is 1.84. The molecule has 1 fully saturated rings. The van der Waals surface area contributed by atoms with Crippen LogP contribution in [-0.4, -0.2) is 44.3 Å². The van der Waals surface area contributed by atoms with Crippen LogP contribution >= 0.6 is 0 Å². The van der Waals surface area contributed by atoms with Crippen LogP contribution in [0.4, 0.5) is 0 Å². The summed E-state index contributed by atoms with van der Waals surface area (Å²) in [5, 5.41) is 0. The molecule has 0 bridgehead atoms. The molecule has 3 unspecified atom stereocenters. The van der Waals surface area contributed by atoms with Gasteiger partial charge in [-0.2, -0.15) is 0 Å². The third-order valence-corrected chi connectivity index (χ3v) is 3.75. The lowest BCUT2D eigenvalue weighted by Crippen LogP contribution is -2.45. The minimum atomic E-state index is 0.426. The molecule has 3 heteroatoms. The lowest BCUT2D eigenvalue weighted by Gasteiger charge is -2.37. The van der Waals surface area contributed by atoms with Crippen molar-refractivity contribution in [1.29, 1.82) is 0 Å². The molecule has 0 aromatic rings. The van der Waals surface area contributed by atoms with Gasteiger partial charge in [0.15, 0.2) is 0 Å².